The highest BCUT2D eigenvalue weighted by molar-refractivity contribution is 5.90. The molecule has 3 aromatic heterocycles. The third-order valence-corrected chi connectivity index (χ3v) is 4.89. The second-order valence-electron chi connectivity index (χ2n) is 8.10. The quantitative estimate of drug-likeness (QED) is 0.578. The third-order valence-electron chi connectivity index (χ3n) is 4.89. The van der Waals surface area contributed by atoms with Gasteiger partial charge in [-0.05, 0) is 25.3 Å². The first-order chi connectivity index (χ1) is 13.4. The molecule has 1 aliphatic rings. The maximum absolute atomic E-state index is 5.90. The Kier molecular flexibility index (Phi) is 4.95. The van der Waals surface area contributed by atoms with Crippen molar-refractivity contribution in [1.82, 2.24) is 24.3 Å². The summed E-state index contributed by atoms with van der Waals surface area (Å²) >= 11 is 0. The standard InChI is InChI=1S/C20H27N5O3/c1-6-26-13(2)25-10-14(9-23-25)16-15-7-8-24(18(15)22-11-21-16)12-27-19-17(28-19)20(3,4)5/h7-11,13,17,19H,6,12H2,1-5H3. The first-order valence-corrected chi connectivity index (χ1v) is 9.61. The maximum atomic E-state index is 5.90. The van der Waals surface area contributed by atoms with Gasteiger partial charge in [-0.2, -0.15) is 5.10 Å². The molecule has 1 aliphatic heterocycles. The number of fused-ring (bicyclic) bond motifs is 1. The zero-order valence-electron chi connectivity index (χ0n) is 17.0. The second-order valence-corrected chi connectivity index (χ2v) is 8.10. The van der Waals surface area contributed by atoms with Gasteiger partial charge in [-0.15, -0.1) is 0 Å². The van der Waals surface area contributed by atoms with E-state index in [1.54, 1.807) is 17.2 Å². The lowest BCUT2D eigenvalue weighted by atomic mass is 9.92. The van der Waals surface area contributed by atoms with Crippen LogP contribution in [-0.4, -0.2) is 43.3 Å². The molecule has 3 atom stereocenters. The van der Waals surface area contributed by atoms with Crippen LogP contribution in [0.2, 0.25) is 0 Å². The molecule has 0 N–H and O–H groups in total. The Bertz CT molecular complexity index is 958. The van der Waals surface area contributed by atoms with E-state index in [0.29, 0.717) is 13.3 Å². The number of nitrogens with zero attached hydrogens (tertiary/aromatic N) is 5. The number of aromatic nitrogens is 5. The van der Waals surface area contributed by atoms with Gasteiger partial charge in [-0.3, -0.25) is 0 Å². The van der Waals surface area contributed by atoms with Crippen LogP contribution in [0, 0.1) is 5.41 Å². The van der Waals surface area contributed by atoms with Crippen LogP contribution >= 0.6 is 0 Å². The summed E-state index contributed by atoms with van der Waals surface area (Å²) in [5, 5.41) is 5.36. The molecule has 0 aromatic carbocycles. The third kappa shape index (κ3) is 3.67. The fourth-order valence-corrected chi connectivity index (χ4v) is 3.31. The first-order valence-electron chi connectivity index (χ1n) is 9.61. The highest BCUT2D eigenvalue weighted by atomic mass is 16.8. The topological polar surface area (TPSA) is 79.5 Å². The van der Waals surface area contributed by atoms with Crippen LogP contribution in [0.3, 0.4) is 0 Å². The molecule has 4 rings (SSSR count). The Balaban J connectivity index is 1.53. The molecule has 0 amide bonds. The van der Waals surface area contributed by atoms with Crippen molar-refractivity contribution < 1.29 is 14.2 Å². The lowest BCUT2D eigenvalue weighted by molar-refractivity contribution is 0.00854. The van der Waals surface area contributed by atoms with E-state index in [-0.39, 0.29) is 24.0 Å². The van der Waals surface area contributed by atoms with Gasteiger partial charge in [0.15, 0.2) is 6.29 Å². The largest absolute Gasteiger partial charge is 0.357 e. The van der Waals surface area contributed by atoms with Crippen molar-refractivity contribution in [3.8, 4) is 11.3 Å². The van der Waals surface area contributed by atoms with E-state index < -0.39 is 0 Å². The summed E-state index contributed by atoms with van der Waals surface area (Å²) in [7, 11) is 0. The number of ether oxygens (including phenoxy) is 3. The average Bonchev–Trinajstić information content (AvgIpc) is 3.11. The molecule has 3 aromatic rings. The van der Waals surface area contributed by atoms with Crippen LogP contribution in [0.15, 0.2) is 31.0 Å². The zero-order chi connectivity index (χ0) is 19.9. The minimum absolute atomic E-state index is 0.0809. The lowest BCUT2D eigenvalue weighted by Gasteiger charge is -2.14. The molecule has 0 spiro atoms. The molecular formula is C20H27N5O3. The van der Waals surface area contributed by atoms with E-state index in [0.717, 1.165) is 22.3 Å². The Morgan fingerprint density at radius 1 is 1.29 bits per heavy atom. The molecule has 0 aliphatic carbocycles. The van der Waals surface area contributed by atoms with Crippen LogP contribution in [0.1, 0.15) is 40.8 Å². The Labute approximate surface area is 164 Å². The molecule has 3 unspecified atom stereocenters. The normalized spacial score (nSPS) is 20.6. The summed E-state index contributed by atoms with van der Waals surface area (Å²) in [6.45, 7) is 11.4. The van der Waals surface area contributed by atoms with Gasteiger partial charge in [0.05, 0.1) is 11.9 Å². The fourth-order valence-electron chi connectivity index (χ4n) is 3.31. The number of hydrogen-bond acceptors (Lipinski definition) is 6. The van der Waals surface area contributed by atoms with Gasteiger partial charge in [0, 0.05) is 30.0 Å². The van der Waals surface area contributed by atoms with Gasteiger partial charge in [-0.25, -0.2) is 14.6 Å². The molecule has 150 valence electrons. The van der Waals surface area contributed by atoms with Crippen LogP contribution in [0.4, 0.5) is 0 Å². The molecule has 28 heavy (non-hydrogen) atoms. The highest BCUT2D eigenvalue weighted by Crippen LogP contribution is 2.38. The van der Waals surface area contributed by atoms with Crippen molar-refractivity contribution in [3.63, 3.8) is 0 Å². The van der Waals surface area contributed by atoms with Gasteiger partial charge in [0.1, 0.15) is 31.0 Å². The Morgan fingerprint density at radius 3 is 2.82 bits per heavy atom. The molecular weight excluding hydrogens is 358 g/mol. The summed E-state index contributed by atoms with van der Waals surface area (Å²) in [4.78, 5) is 8.92. The molecule has 8 heteroatoms. The van der Waals surface area contributed by atoms with Crippen LogP contribution in [0.25, 0.3) is 22.3 Å². The van der Waals surface area contributed by atoms with E-state index in [9.17, 15) is 0 Å². The van der Waals surface area contributed by atoms with Gasteiger partial charge < -0.3 is 18.8 Å². The van der Waals surface area contributed by atoms with Crippen molar-refractivity contribution in [2.45, 2.75) is 60.0 Å². The second kappa shape index (κ2) is 7.27. The summed E-state index contributed by atoms with van der Waals surface area (Å²) in [6.07, 6.45) is 7.14. The molecule has 4 heterocycles. The highest BCUT2D eigenvalue weighted by Gasteiger charge is 2.48. The zero-order valence-corrected chi connectivity index (χ0v) is 17.0. The van der Waals surface area contributed by atoms with E-state index in [1.807, 2.05) is 36.9 Å². The predicted octanol–water partition coefficient (Wildman–Crippen LogP) is 3.59. The Morgan fingerprint density at radius 2 is 2.11 bits per heavy atom. The molecule has 8 nitrogen and oxygen atoms in total. The van der Waals surface area contributed by atoms with Crippen molar-refractivity contribution in [3.05, 3.63) is 31.0 Å². The Hall–Kier alpha value is -2.29. The minimum atomic E-state index is -0.156. The summed E-state index contributed by atoms with van der Waals surface area (Å²) in [6, 6.07) is 2.01. The van der Waals surface area contributed by atoms with Crippen molar-refractivity contribution >= 4 is 11.0 Å². The van der Waals surface area contributed by atoms with Crippen molar-refractivity contribution in [1.29, 1.82) is 0 Å². The van der Waals surface area contributed by atoms with Crippen molar-refractivity contribution in [2.75, 3.05) is 6.61 Å². The average molecular weight is 385 g/mol. The minimum Gasteiger partial charge on any atom is -0.357 e. The molecule has 0 bridgehead atoms. The van der Waals surface area contributed by atoms with Crippen molar-refractivity contribution in [2.24, 2.45) is 5.41 Å². The predicted molar refractivity (Wildman–Crippen MR) is 104 cm³/mol. The summed E-state index contributed by atoms with van der Waals surface area (Å²) in [5.74, 6) is 0. The van der Waals surface area contributed by atoms with Gasteiger partial charge in [0.2, 0.25) is 0 Å². The molecule has 0 radical (unpaired) electrons. The van der Waals surface area contributed by atoms with E-state index in [1.165, 1.54) is 0 Å². The molecule has 1 saturated heterocycles. The smallest absolute Gasteiger partial charge is 0.187 e. The van der Waals surface area contributed by atoms with Gasteiger partial charge in [0.25, 0.3) is 0 Å². The van der Waals surface area contributed by atoms with Crippen LogP contribution in [0.5, 0.6) is 0 Å². The van der Waals surface area contributed by atoms with Gasteiger partial charge in [-0.1, -0.05) is 20.8 Å². The van der Waals surface area contributed by atoms with E-state index in [2.05, 4.69) is 35.8 Å². The monoisotopic (exact) mass is 385 g/mol. The number of rotatable bonds is 7. The van der Waals surface area contributed by atoms with Crippen LogP contribution in [-0.2, 0) is 20.9 Å². The summed E-state index contributed by atoms with van der Waals surface area (Å²) < 4.78 is 20.9. The first kappa shape index (κ1) is 19.0. The SMILES string of the molecule is CCOC(C)n1cc(-c2ncnc3c2ccn3COC2OC2C(C)(C)C)cn1. The van der Waals surface area contributed by atoms with Crippen LogP contribution < -0.4 is 0 Å². The molecule has 0 saturated carbocycles. The fraction of sp³-hybridized carbons (Fsp3) is 0.550. The van der Waals surface area contributed by atoms with E-state index in [4.69, 9.17) is 14.2 Å². The maximum Gasteiger partial charge on any atom is 0.187 e. The number of hydrogen-bond donors (Lipinski definition) is 0. The van der Waals surface area contributed by atoms with E-state index >= 15 is 0 Å². The molecule has 1 fully saturated rings. The lowest BCUT2D eigenvalue weighted by Crippen LogP contribution is -2.18. The summed E-state index contributed by atoms with van der Waals surface area (Å²) in [5.41, 5.74) is 2.67. The number of epoxide rings is 1. The van der Waals surface area contributed by atoms with Gasteiger partial charge >= 0.3 is 0 Å².